The molecule has 3 nitrogen and oxygen atoms in total. The fraction of sp³-hybridized carbons (Fsp3) is 0.571. The number of benzene rings is 1. The van der Waals surface area contributed by atoms with Crippen LogP contribution in [0.1, 0.15) is 33.1 Å². The van der Waals surface area contributed by atoms with Gasteiger partial charge in [-0.1, -0.05) is 18.9 Å². The smallest absolute Gasteiger partial charge is 0.144 e. The van der Waals surface area contributed by atoms with Crippen molar-refractivity contribution in [1.82, 2.24) is 0 Å². The van der Waals surface area contributed by atoms with Gasteiger partial charge in [-0.25, -0.2) is 0 Å². The van der Waals surface area contributed by atoms with Crippen LogP contribution in [-0.4, -0.2) is 12.6 Å². The van der Waals surface area contributed by atoms with E-state index in [1.54, 1.807) is 0 Å². The van der Waals surface area contributed by atoms with Gasteiger partial charge in [-0.2, -0.15) is 0 Å². The number of rotatable bonds is 6. The van der Waals surface area contributed by atoms with Gasteiger partial charge < -0.3 is 15.8 Å². The van der Waals surface area contributed by atoms with E-state index in [2.05, 4.69) is 12.2 Å². The lowest BCUT2D eigenvalue weighted by Gasteiger charge is -2.18. The molecule has 0 radical (unpaired) electrons. The summed E-state index contributed by atoms with van der Waals surface area (Å²) in [6.07, 6.45) is 4.01. The molecule has 1 aliphatic carbocycles. The Kier molecular flexibility index (Phi) is 3.77. The van der Waals surface area contributed by atoms with Crippen LogP contribution in [-0.2, 0) is 0 Å². The van der Waals surface area contributed by atoms with Gasteiger partial charge >= 0.3 is 0 Å². The summed E-state index contributed by atoms with van der Waals surface area (Å²) < 4.78 is 5.49. The van der Waals surface area contributed by atoms with Gasteiger partial charge in [-0.15, -0.1) is 0 Å². The Bertz CT molecular complexity index is 374. The van der Waals surface area contributed by atoms with Crippen LogP contribution in [0.4, 0.5) is 11.4 Å². The monoisotopic (exact) mass is 234 g/mol. The zero-order chi connectivity index (χ0) is 12.3. The molecule has 1 aromatic carbocycles. The summed E-state index contributed by atoms with van der Waals surface area (Å²) in [6, 6.07) is 6.38. The number of hydrogen-bond donors (Lipinski definition) is 2. The van der Waals surface area contributed by atoms with Crippen molar-refractivity contribution in [3.8, 4) is 5.75 Å². The van der Waals surface area contributed by atoms with Crippen molar-refractivity contribution in [1.29, 1.82) is 0 Å². The van der Waals surface area contributed by atoms with Crippen molar-refractivity contribution in [2.24, 2.45) is 5.92 Å². The first-order valence-electron chi connectivity index (χ1n) is 6.48. The van der Waals surface area contributed by atoms with Crippen molar-refractivity contribution in [2.75, 3.05) is 17.7 Å². The number of nitrogens with two attached hydrogens (primary N) is 1. The molecule has 0 spiro atoms. The van der Waals surface area contributed by atoms with Gasteiger partial charge in [0.1, 0.15) is 5.75 Å². The van der Waals surface area contributed by atoms with E-state index in [1.807, 2.05) is 25.1 Å². The number of ether oxygens (including phenoxy) is 1. The fourth-order valence-corrected chi connectivity index (χ4v) is 2.13. The minimum absolute atomic E-state index is 0.474. The molecule has 1 fully saturated rings. The van der Waals surface area contributed by atoms with E-state index < -0.39 is 0 Å². The Morgan fingerprint density at radius 3 is 2.88 bits per heavy atom. The van der Waals surface area contributed by atoms with Crippen LogP contribution < -0.4 is 15.8 Å². The van der Waals surface area contributed by atoms with Gasteiger partial charge in [-0.3, -0.25) is 0 Å². The van der Waals surface area contributed by atoms with Gasteiger partial charge in [0.15, 0.2) is 0 Å². The predicted molar refractivity (Wildman–Crippen MR) is 72.4 cm³/mol. The molecule has 3 heteroatoms. The van der Waals surface area contributed by atoms with E-state index >= 15 is 0 Å². The second-order valence-corrected chi connectivity index (χ2v) is 4.87. The highest BCUT2D eigenvalue weighted by Gasteiger charge is 2.23. The Balaban J connectivity index is 2.00. The molecule has 0 aromatic heterocycles. The van der Waals surface area contributed by atoms with Crippen molar-refractivity contribution in [3.63, 3.8) is 0 Å². The predicted octanol–water partition coefficient (Wildman–Crippen LogP) is 3.27. The number of para-hydroxylation sites is 1. The molecule has 1 aromatic rings. The summed E-state index contributed by atoms with van der Waals surface area (Å²) >= 11 is 0. The normalized spacial score (nSPS) is 16.6. The summed E-state index contributed by atoms with van der Waals surface area (Å²) in [7, 11) is 0. The summed E-state index contributed by atoms with van der Waals surface area (Å²) in [5.74, 6) is 1.70. The van der Waals surface area contributed by atoms with Crippen molar-refractivity contribution < 1.29 is 4.74 Å². The topological polar surface area (TPSA) is 47.3 Å². The van der Waals surface area contributed by atoms with Crippen LogP contribution in [0.25, 0.3) is 0 Å². The highest BCUT2D eigenvalue weighted by molar-refractivity contribution is 5.73. The second-order valence-electron chi connectivity index (χ2n) is 4.87. The van der Waals surface area contributed by atoms with Crippen molar-refractivity contribution in [2.45, 2.75) is 39.2 Å². The summed E-state index contributed by atoms with van der Waals surface area (Å²) in [4.78, 5) is 0. The Morgan fingerprint density at radius 1 is 1.47 bits per heavy atom. The van der Waals surface area contributed by atoms with E-state index in [-0.39, 0.29) is 0 Å². The number of nitrogen functional groups attached to an aromatic ring is 1. The highest BCUT2D eigenvalue weighted by Crippen LogP contribution is 2.35. The van der Waals surface area contributed by atoms with E-state index in [0.717, 1.165) is 23.0 Å². The molecule has 0 aliphatic heterocycles. The molecule has 0 saturated heterocycles. The standard InChI is InChI=1S/C14H22N2O/c1-3-17-13-6-4-5-12(14(13)15)16-10(2)9-11-7-8-11/h4-6,10-11,16H,3,7-9,15H2,1-2H3. The van der Waals surface area contributed by atoms with Gasteiger partial charge in [-0.05, 0) is 38.3 Å². The molecular formula is C14H22N2O. The number of anilines is 2. The average molecular weight is 234 g/mol. The maximum atomic E-state index is 6.08. The van der Waals surface area contributed by atoms with Crippen LogP contribution in [0.2, 0.25) is 0 Å². The van der Waals surface area contributed by atoms with Crippen LogP contribution >= 0.6 is 0 Å². The second kappa shape index (κ2) is 5.30. The van der Waals surface area contributed by atoms with Crippen LogP contribution in [0.5, 0.6) is 5.75 Å². The van der Waals surface area contributed by atoms with Crippen molar-refractivity contribution >= 4 is 11.4 Å². The van der Waals surface area contributed by atoms with Crippen LogP contribution in [0, 0.1) is 5.92 Å². The zero-order valence-corrected chi connectivity index (χ0v) is 10.7. The molecular weight excluding hydrogens is 212 g/mol. The van der Waals surface area contributed by atoms with E-state index in [4.69, 9.17) is 10.5 Å². The Labute approximate surface area is 103 Å². The zero-order valence-electron chi connectivity index (χ0n) is 10.7. The highest BCUT2D eigenvalue weighted by atomic mass is 16.5. The van der Waals surface area contributed by atoms with Crippen molar-refractivity contribution in [3.05, 3.63) is 18.2 Å². The first kappa shape index (κ1) is 12.1. The van der Waals surface area contributed by atoms with E-state index in [0.29, 0.717) is 12.6 Å². The Hall–Kier alpha value is -1.38. The van der Waals surface area contributed by atoms with Gasteiger partial charge in [0.25, 0.3) is 0 Å². The SMILES string of the molecule is CCOc1cccc(NC(C)CC2CC2)c1N. The lowest BCUT2D eigenvalue weighted by Crippen LogP contribution is -2.17. The van der Waals surface area contributed by atoms with Gasteiger partial charge in [0.2, 0.25) is 0 Å². The molecule has 1 aliphatic rings. The number of hydrogen-bond acceptors (Lipinski definition) is 3. The third-order valence-electron chi connectivity index (χ3n) is 3.15. The molecule has 1 unspecified atom stereocenters. The minimum Gasteiger partial charge on any atom is -0.492 e. The molecule has 0 heterocycles. The van der Waals surface area contributed by atoms with Crippen LogP contribution in [0.3, 0.4) is 0 Å². The molecule has 2 rings (SSSR count). The molecule has 1 atom stereocenters. The Morgan fingerprint density at radius 2 is 2.24 bits per heavy atom. The molecule has 0 amide bonds. The molecule has 1 saturated carbocycles. The first-order chi connectivity index (χ1) is 8.20. The maximum absolute atomic E-state index is 6.08. The molecule has 17 heavy (non-hydrogen) atoms. The lowest BCUT2D eigenvalue weighted by molar-refractivity contribution is 0.342. The van der Waals surface area contributed by atoms with Gasteiger partial charge in [0.05, 0.1) is 18.0 Å². The average Bonchev–Trinajstić information content (AvgIpc) is 3.08. The van der Waals surface area contributed by atoms with Gasteiger partial charge in [0, 0.05) is 6.04 Å². The first-order valence-corrected chi connectivity index (χ1v) is 6.48. The number of nitrogens with one attached hydrogen (secondary N) is 1. The fourth-order valence-electron chi connectivity index (χ4n) is 2.13. The lowest BCUT2D eigenvalue weighted by atomic mass is 10.1. The third-order valence-corrected chi connectivity index (χ3v) is 3.15. The quantitative estimate of drug-likeness (QED) is 0.743. The molecule has 94 valence electrons. The third kappa shape index (κ3) is 3.29. The van der Waals surface area contributed by atoms with E-state index in [1.165, 1.54) is 19.3 Å². The summed E-state index contributed by atoms with van der Waals surface area (Å²) in [5.41, 5.74) is 7.79. The maximum Gasteiger partial charge on any atom is 0.144 e. The molecule has 0 bridgehead atoms. The summed E-state index contributed by atoms with van der Waals surface area (Å²) in [5, 5.41) is 3.48. The largest absolute Gasteiger partial charge is 0.492 e. The van der Waals surface area contributed by atoms with Crippen LogP contribution in [0.15, 0.2) is 18.2 Å². The van der Waals surface area contributed by atoms with E-state index in [9.17, 15) is 0 Å². The summed E-state index contributed by atoms with van der Waals surface area (Å²) in [6.45, 7) is 4.83. The molecule has 3 N–H and O–H groups in total. The minimum atomic E-state index is 0.474.